The number of carbonyl (C=O) groups is 2. The molecule has 0 aromatic heterocycles. The summed E-state index contributed by atoms with van der Waals surface area (Å²) in [6.45, 7) is -1.45. The molecule has 0 aliphatic rings. The lowest BCUT2D eigenvalue weighted by atomic mass is 10.0. The molecular formula is C11H22O11. The molecule has 132 valence electrons. The van der Waals surface area contributed by atoms with Crippen molar-refractivity contribution < 1.29 is 55.5 Å². The largest absolute Gasteiger partial charge is 0.394 e. The van der Waals surface area contributed by atoms with Gasteiger partial charge in [0, 0.05) is 0 Å². The Balaban J connectivity index is 0. The first-order chi connectivity index (χ1) is 10.2. The van der Waals surface area contributed by atoms with Crippen LogP contribution in [0.25, 0.3) is 0 Å². The van der Waals surface area contributed by atoms with Gasteiger partial charge in [0.2, 0.25) is 0 Å². The predicted molar refractivity (Wildman–Crippen MR) is 68.3 cm³/mol. The Morgan fingerprint density at radius 3 is 1.23 bits per heavy atom. The molecule has 11 nitrogen and oxygen atoms in total. The number of carbonyl (C=O) groups excluding carboxylic acids is 2. The number of rotatable bonds is 9. The molecule has 0 unspecified atom stereocenters. The van der Waals surface area contributed by atoms with E-state index in [0.29, 0.717) is 0 Å². The number of aliphatic hydroxyl groups is 9. The summed E-state index contributed by atoms with van der Waals surface area (Å²) in [6.07, 6.45) is -11.5. The molecule has 0 saturated heterocycles. The fourth-order valence-electron chi connectivity index (χ4n) is 1.03. The van der Waals surface area contributed by atoms with Gasteiger partial charge in [-0.15, -0.1) is 0 Å². The first-order valence-corrected chi connectivity index (χ1v) is 6.06. The zero-order chi connectivity index (χ0) is 17.9. The van der Waals surface area contributed by atoms with E-state index in [0.717, 1.165) is 0 Å². The van der Waals surface area contributed by atoms with E-state index < -0.39 is 55.9 Å². The van der Waals surface area contributed by atoms with Gasteiger partial charge in [-0.25, -0.2) is 0 Å². The average molecular weight is 330 g/mol. The van der Waals surface area contributed by atoms with Crippen molar-refractivity contribution in [1.29, 1.82) is 0 Å². The fraction of sp³-hybridized carbons (Fsp3) is 0.818. The third-order valence-electron chi connectivity index (χ3n) is 2.49. The van der Waals surface area contributed by atoms with Gasteiger partial charge in [-0.05, 0) is 0 Å². The third kappa shape index (κ3) is 8.43. The minimum Gasteiger partial charge on any atom is -0.394 e. The van der Waals surface area contributed by atoms with Crippen molar-refractivity contribution >= 4 is 12.6 Å². The van der Waals surface area contributed by atoms with Crippen molar-refractivity contribution in [2.75, 3.05) is 13.2 Å². The number of hydrogen-bond acceptors (Lipinski definition) is 11. The van der Waals surface area contributed by atoms with E-state index >= 15 is 0 Å². The molecule has 0 aliphatic heterocycles. The van der Waals surface area contributed by atoms with Crippen molar-refractivity contribution in [2.45, 2.75) is 42.7 Å². The molecule has 0 fully saturated rings. The Morgan fingerprint density at radius 1 is 0.591 bits per heavy atom. The van der Waals surface area contributed by atoms with Gasteiger partial charge in [-0.1, -0.05) is 0 Å². The summed E-state index contributed by atoms with van der Waals surface area (Å²) in [5.74, 6) is 0. The summed E-state index contributed by atoms with van der Waals surface area (Å²) in [6, 6.07) is 0. The van der Waals surface area contributed by atoms with Gasteiger partial charge in [0.25, 0.3) is 0 Å². The maximum absolute atomic E-state index is 9.90. The first-order valence-electron chi connectivity index (χ1n) is 6.06. The fourth-order valence-corrected chi connectivity index (χ4v) is 1.03. The van der Waals surface area contributed by atoms with Gasteiger partial charge in [-0.3, -0.25) is 0 Å². The molecule has 0 spiro atoms. The lowest BCUT2D eigenvalue weighted by Gasteiger charge is -2.22. The minimum atomic E-state index is -1.79. The van der Waals surface area contributed by atoms with E-state index in [2.05, 4.69) is 0 Å². The van der Waals surface area contributed by atoms with E-state index in [1.165, 1.54) is 0 Å². The predicted octanol–water partition coefficient (Wildman–Crippen LogP) is -6.12. The van der Waals surface area contributed by atoms with Crippen LogP contribution in [-0.4, -0.2) is 114 Å². The van der Waals surface area contributed by atoms with Gasteiger partial charge in [-0.2, -0.15) is 0 Å². The molecule has 9 N–H and O–H groups in total. The first kappa shape index (κ1) is 23.2. The van der Waals surface area contributed by atoms with Crippen LogP contribution in [0.5, 0.6) is 0 Å². The molecule has 0 aromatic rings. The number of hydrogen-bond donors (Lipinski definition) is 9. The Hall–Kier alpha value is -1.02. The van der Waals surface area contributed by atoms with Gasteiger partial charge in [0.1, 0.15) is 42.7 Å². The summed E-state index contributed by atoms with van der Waals surface area (Å²) < 4.78 is 0. The number of aldehydes is 2. The van der Waals surface area contributed by atoms with Crippen LogP contribution in [0.2, 0.25) is 0 Å². The van der Waals surface area contributed by atoms with Crippen LogP contribution in [0.15, 0.2) is 0 Å². The summed E-state index contributed by atoms with van der Waals surface area (Å²) in [5.41, 5.74) is 0. The second kappa shape index (κ2) is 12.5. The highest BCUT2D eigenvalue weighted by atomic mass is 16.4. The SMILES string of the molecule is O=C[C@@H](O)[C@@H](O)[C@H](O)[C@H](O)CO.O=C[C@H](O)[C@@H](O)[C@@H](O)CO. The van der Waals surface area contributed by atoms with Crippen LogP contribution in [0.4, 0.5) is 0 Å². The quantitative estimate of drug-likeness (QED) is 0.181. The third-order valence-corrected chi connectivity index (χ3v) is 2.49. The molecule has 7 atom stereocenters. The van der Waals surface area contributed by atoms with Crippen molar-refractivity contribution in [3.8, 4) is 0 Å². The molecule has 0 rings (SSSR count). The van der Waals surface area contributed by atoms with Gasteiger partial charge >= 0.3 is 0 Å². The number of aliphatic hydroxyl groups excluding tert-OH is 9. The Bertz CT molecular complexity index is 300. The molecule has 0 heterocycles. The molecule has 0 radical (unpaired) electrons. The van der Waals surface area contributed by atoms with E-state index in [1.54, 1.807) is 0 Å². The maximum Gasteiger partial charge on any atom is 0.151 e. The van der Waals surface area contributed by atoms with Crippen LogP contribution in [0.1, 0.15) is 0 Å². The van der Waals surface area contributed by atoms with E-state index in [9.17, 15) is 9.59 Å². The zero-order valence-corrected chi connectivity index (χ0v) is 11.5. The summed E-state index contributed by atoms with van der Waals surface area (Å²) in [4.78, 5) is 19.7. The highest BCUT2D eigenvalue weighted by Crippen LogP contribution is 2.03. The summed E-state index contributed by atoms with van der Waals surface area (Å²) in [5, 5.41) is 77.6. The summed E-state index contributed by atoms with van der Waals surface area (Å²) in [7, 11) is 0. The lowest BCUT2D eigenvalue weighted by Crippen LogP contribution is -2.46. The lowest BCUT2D eigenvalue weighted by molar-refractivity contribution is -0.136. The van der Waals surface area contributed by atoms with Crippen molar-refractivity contribution in [2.24, 2.45) is 0 Å². The Morgan fingerprint density at radius 2 is 0.909 bits per heavy atom. The minimum absolute atomic E-state index is 0.0258. The molecule has 0 aliphatic carbocycles. The van der Waals surface area contributed by atoms with Crippen molar-refractivity contribution in [1.82, 2.24) is 0 Å². The molecule has 0 saturated carbocycles. The molecular weight excluding hydrogens is 308 g/mol. The normalized spacial score (nSPS) is 20.4. The smallest absolute Gasteiger partial charge is 0.151 e. The molecule has 0 amide bonds. The van der Waals surface area contributed by atoms with Crippen LogP contribution in [0, 0.1) is 0 Å². The highest BCUT2D eigenvalue weighted by molar-refractivity contribution is 5.57. The van der Waals surface area contributed by atoms with Crippen LogP contribution < -0.4 is 0 Å². The zero-order valence-electron chi connectivity index (χ0n) is 11.5. The van der Waals surface area contributed by atoms with Crippen LogP contribution in [-0.2, 0) is 9.59 Å². The summed E-state index contributed by atoms with van der Waals surface area (Å²) >= 11 is 0. The van der Waals surface area contributed by atoms with Crippen molar-refractivity contribution in [3.63, 3.8) is 0 Å². The van der Waals surface area contributed by atoms with Crippen LogP contribution >= 0.6 is 0 Å². The molecule has 0 aromatic carbocycles. The maximum atomic E-state index is 9.90. The average Bonchev–Trinajstić information content (AvgIpc) is 2.56. The van der Waals surface area contributed by atoms with Gasteiger partial charge in [0.05, 0.1) is 13.2 Å². The Labute approximate surface area is 125 Å². The highest BCUT2D eigenvalue weighted by Gasteiger charge is 2.29. The standard InChI is InChI=1S/C6H12O6.C5H10O5/c7-1-3(9)5(11)6(12)4(10)2-8;6-1-3(8)5(10)4(9)2-7/h1,3-6,8-12H,2H2;1,3-5,7-10H,2H2/t3-,4-,5-,6-;3-,4-,5+/m10/s1. The van der Waals surface area contributed by atoms with E-state index in [1.807, 2.05) is 0 Å². The van der Waals surface area contributed by atoms with E-state index in [-0.39, 0.29) is 12.6 Å². The van der Waals surface area contributed by atoms with Crippen LogP contribution in [0.3, 0.4) is 0 Å². The van der Waals surface area contributed by atoms with Gasteiger partial charge < -0.3 is 55.5 Å². The van der Waals surface area contributed by atoms with Crippen molar-refractivity contribution in [3.05, 3.63) is 0 Å². The van der Waals surface area contributed by atoms with Gasteiger partial charge in [0.15, 0.2) is 12.6 Å². The topological polar surface area (TPSA) is 216 Å². The molecule has 0 bridgehead atoms. The monoisotopic (exact) mass is 330 g/mol. The second-order valence-electron chi connectivity index (χ2n) is 4.22. The molecule has 22 heavy (non-hydrogen) atoms. The molecule has 11 heteroatoms. The second-order valence-corrected chi connectivity index (χ2v) is 4.22. The Kier molecular flexibility index (Phi) is 13.2. The van der Waals surface area contributed by atoms with E-state index in [4.69, 9.17) is 46.0 Å².